The van der Waals surface area contributed by atoms with Gasteiger partial charge in [-0.15, -0.1) is 0 Å². The van der Waals surface area contributed by atoms with Crippen LogP contribution < -0.4 is 5.32 Å². The topological polar surface area (TPSA) is 52.5 Å². The molecule has 0 unspecified atom stereocenters. The van der Waals surface area contributed by atoms with Crippen LogP contribution in [0.5, 0.6) is 0 Å². The van der Waals surface area contributed by atoms with Crippen LogP contribution in [0, 0.1) is 5.92 Å². The lowest BCUT2D eigenvalue weighted by molar-refractivity contribution is 0.0357. The molecule has 2 aliphatic rings. The van der Waals surface area contributed by atoms with Gasteiger partial charge in [-0.2, -0.15) is 0 Å². The average molecular weight is 241 g/mol. The summed E-state index contributed by atoms with van der Waals surface area (Å²) in [5.74, 6) is 0.785. The average Bonchev–Trinajstić information content (AvgIpc) is 2.35. The van der Waals surface area contributed by atoms with Crippen molar-refractivity contribution in [3.63, 3.8) is 0 Å². The van der Waals surface area contributed by atoms with Gasteiger partial charge in [0.2, 0.25) is 0 Å². The number of rotatable bonds is 3. The Balaban J connectivity index is 1.94. The maximum atomic E-state index is 10.0. The SMILES string of the molecule is CC1CCC(CO)(N[C@H]2CCCC[C@@H]2O)CC1. The lowest BCUT2D eigenvalue weighted by Gasteiger charge is -2.43. The van der Waals surface area contributed by atoms with Crippen LogP contribution in [0.25, 0.3) is 0 Å². The van der Waals surface area contributed by atoms with Gasteiger partial charge in [0.25, 0.3) is 0 Å². The molecule has 0 aromatic heterocycles. The van der Waals surface area contributed by atoms with Crippen molar-refractivity contribution in [2.75, 3.05) is 6.61 Å². The number of hydrogen-bond acceptors (Lipinski definition) is 3. The molecule has 0 spiro atoms. The number of hydrogen-bond donors (Lipinski definition) is 3. The minimum absolute atomic E-state index is 0.116. The fourth-order valence-corrected chi connectivity index (χ4v) is 3.34. The van der Waals surface area contributed by atoms with E-state index in [1.54, 1.807) is 0 Å². The van der Waals surface area contributed by atoms with Crippen LogP contribution >= 0.6 is 0 Å². The van der Waals surface area contributed by atoms with Gasteiger partial charge in [0.1, 0.15) is 0 Å². The highest BCUT2D eigenvalue weighted by Crippen LogP contribution is 2.33. The molecule has 0 radical (unpaired) electrons. The van der Waals surface area contributed by atoms with Crippen LogP contribution in [0.15, 0.2) is 0 Å². The smallest absolute Gasteiger partial charge is 0.0693 e. The lowest BCUT2D eigenvalue weighted by Crippen LogP contribution is -2.58. The zero-order chi connectivity index (χ0) is 12.3. The molecule has 2 rings (SSSR count). The van der Waals surface area contributed by atoms with Crippen molar-refractivity contribution in [2.24, 2.45) is 5.92 Å². The van der Waals surface area contributed by atoms with E-state index in [4.69, 9.17) is 0 Å². The Morgan fingerprint density at radius 1 is 1.12 bits per heavy atom. The zero-order valence-electron chi connectivity index (χ0n) is 11.0. The number of nitrogens with one attached hydrogen (secondary N) is 1. The molecule has 3 nitrogen and oxygen atoms in total. The Bertz CT molecular complexity index is 236. The summed E-state index contributed by atoms with van der Waals surface area (Å²) in [4.78, 5) is 0. The predicted octanol–water partition coefficient (Wildman–Crippen LogP) is 1.82. The minimum Gasteiger partial charge on any atom is -0.394 e. The lowest BCUT2D eigenvalue weighted by atomic mass is 9.76. The van der Waals surface area contributed by atoms with Gasteiger partial charge >= 0.3 is 0 Å². The van der Waals surface area contributed by atoms with Gasteiger partial charge in [-0.3, -0.25) is 0 Å². The molecule has 2 atom stereocenters. The molecule has 0 aliphatic heterocycles. The van der Waals surface area contributed by atoms with Gasteiger partial charge in [-0.25, -0.2) is 0 Å². The molecule has 0 saturated heterocycles. The van der Waals surface area contributed by atoms with Crippen molar-refractivity contribution in [3.8, 4) is 0 Å². The summed E-state index contributed by atoms with van der Waals surface area (Å²) < 4.78 is 0. The first-order valence-corrected chi connectivity index (χ1v) is 7.22. The Labute approximate surface area is 105 Å². The van der Waals surface area contributed by atoms with Crippen molar-refractivity contribution in [2.45, 2.75) is 76.0 Å². The third kappa shape index (κ3) is 3.21. The Morgan fingerprint density at radius 2 is 1.76 bits per heavy atom. The maximum absolute atomic E-state index is 10.0. The molecule has 0 heterocycles. The van der Waals surface area contributed by atoms with Gasteiger partial charge in [0, 0.05) is 11.6 Å². The summed E-state index contributed by atoms with van der Waals surface area (Å²) in [6.07, 6.45) is 8.57. The Kier molecular flexibility index (Phi) is 4.45. The standard InChI is InChI=1S/C14H27NO2/c1-11-6-8-14(10-16,9-7-11)15-12-4-2-3-5-13(12)17/h11-13,15-17H,2-10H2,1H3/t11?,12-,13-,14?/m0/s1. The molecule has 0 aromatic rings. The van der Waals surface area contributed by atoms with E-state index < -0.39 is 0 Å². The monoisotopic (exact) mass is 241 g/mol. The Morgan fingerprint density at radius 3 is 2.35 bits per heavy atom. The highest BCUT2D eigenvalue weighted by atomic mass is 16.3. The van der Waals surface area contributed by atoms with E-state index >= 15 is 0 Å². The molecular formula is C14H27NO2. The van der Waals surface area contributed by atoms with Gasteiger partial charge < -0.3 is 15.5 Å². The molecule has 2 saturated carbocycles. The summed E-state index contributed by atoms with van der Waals surface area (Å²) in [7, 11) is 0. The second-order valence-corrected chi connectivity index (χ2v) is 6.22. The van der Waals surface area contributed by atoms with Crippen molar-refractivity contribution >= 4 is 0 Å². The molecule has 0 bridgehead atoms. The van der Waals surface area contributed by atoms with Crippen LogP contribution in [0.2, 0.25) is 0 Å². The second kappa shape index (κ2) is 5.68. The van der Waals surface area contributed by atoms with Crippen molar-refractivity contribution < 1.29 is 10.2 Å². The van der Waals surface area contributed by atoms with Crippen molar-refractivity contribution in [1.82, 2.24) is 5.32 Å². The van der Waals surface area contributed by atoms with Crippen LogP contribution in [0.4, 0.5) is 0 Å². The largest absolute Gasteiger partial charge is 0.394 e. The van der Waals surface area contributed by atoms with Crippen molar-refractivity contribution in [3.05, 3.63) is 0 Å². The third-order valence-electron chi connectivity index (χ3n) is 4.76. The summed E-state index contributed by atoms with van der Waals surface area (Å²) in [6, 6.07) is 0.198. The molecule has 100 valence electrons. The van der Waals surface area contributed by atoms with E-state index in [2.05, 4.69) is 12.2 Å². The fraction of sp³-hybridized carbons (Fsp3) is 1.00. The highest BCUT2D eigenvalue weighted by molar-refractivity contribution is 4.96. The van der Waals surface area contributed by atoms with Gasteiger partial charge in [-0.05, 0) is 44.4 Å². The summed E-state index contributed by atoms with van der Waals surface area (Å²) in [5, 5.41) is 23.3. The molecule has 2 fully saturated rings. The molecule has 17 heavy (non-hydrogen) atoms. The first kappa shape index (κ1) is 13.3. The van der Waals surface area contributed by atoms with Crippen LogP contribution in [0.3, 0.4) is 0 Å². The van der Waals surface area contributed by atoms with E-state index in [-0.39, 0.29) is 24.3 Å². The van der Waals surface area contributed by atoms with Crippen LogP contribution in [0.1, 0.15) is 58.3 Å². The van der Waals surface area contributed by atoms with Crippen LogP contribution in [-0.2, 0) is 0 Å². The molecule has 2 aliphatic carbocycles. The summed E-state index contributed by atoms with van der Waals surface area (Å²) in [6.45, 7) is 2.50. The summed E-state index contributed by atoms with van der Waals surface area (Å²) >= 11 is 0. The second-order valence-electron chi connectivity index (χ2n) is 6.22. The molecule has 3 N–H and O–H groups in total. The zero-order valence-corrected chi connectivity index (χ0v) is 11.0. The molecule has 3 heteroatoms. The normalized spacial score (nSPS) is 43.6. The van der Waals surface area contributed by atoms with Crippen LogP contribution in [-0.4, -0.2) is 34.5 Å². The number of aliphatic hydroxyl groups is 2. The minimum atomic E-state index is -0.216. The molecule has 0 aromatic carbocycles. The van der Waals surface area contributed by atoms with E-state index in [1.807, 2.05) is 0 Å². The highest BCUT2D eigenvalue weighted by Gasteiger charge is 2.37. The number of aliphatic hydroxyl groups excluding tert-OH is 2. The predicted molar refractivity (Wildman–Crippen MR) is 68.8 cm³/mol. The third-order valence-corrected chi connectivity index (χ3v) is 4.76. The summed E-state index contributed by atoms with van der Waals surface area (Å²) in [5.41, 5.74) is -0.116. The maximum Gasteiger partial charge on any atom is 0.0693 e. The Hall–Kier alpha value is -0.120. The van der Waals surface area contributed by atoms with Gasteiger partial charge in [0.15, 0.2) is 0 Å². The van der Waals surface area contributed by atoms with E-state index in [9.17, 15) is 10.2 Å². The fourth-order valence-electron chi connectivity index (χ4n) is 3.34. The van der Waals surface area contributed by atoms with E-state index in [1.165, 1.54) is 19.3 Å². The van der Waals surface area contributed by atoms with E-state index in [0.717, 1.165) is 38.0 Å². The van der Waals surface area contributed by atoms with Gasteiger partial charge in [-0.1, -0.05) is 19.8 Å². The molecular weight excluding hydrogens is 214 g/mol. The first-order valence-electron chi connectivity index (χ1n) is 7.22. The quantitative estimate of drug-likeness (QED) is 0.706. The van der Waals surface area contributed by atoms with E-state index in [0.29, 0.717) is 0 Å². The van der Waals surface area contributed by atoms with Crippen molar-refractivity contribution in [1.29, 1.82) is 0 Å². The van der Waals surface area contributed by atoms with Gasteiger partial charge in [0.05, 0.1) is 12.7 Å². The first-order chi connectivity index (χ1) is 8.15. The molecule has 0 amide bonds.